The summed E-state index contributed by atoms with van der Waals surface area (Å²) in [5, 5.41) is 11.7. The zero-order valence-corrected chi connectivity index (χ0v) is 15.4. The summed E-state index contributed by atoms with van der Waals surface area (Å²) in [5.41, 5.74) is 2.31. The average Bonchev–Trinajstić information content (AvgIpc) is 3.00. The van der Waals surface area contributed by atoms with Crippen LogP contribution in [0.4, 0.5) is 5.69 Å². The van der Waals surface area contributed by atoms with Gasteiger partial charge in [0.25, 0.3) is 0 Å². The number of aromatic carboxylic acids is 1. The molecule has 1 aliphatic heterocycles. The second-order valence-electron chi connectivity index (χ2n) is 6.37. The Kier molecular flexibility index (Phi) is 5.46. The van der Waals surface area contributed by atoms with Crippen LogP contribution < -0.4 is 9.62 Å². The van der Waals surface area contributed by atoms with Gasteiger partial charge in [0.05, 0.1) is 23.4 Å². The van der Waals surface area contributed by atoms with E-state index < -0.39 is 16.0 Å². The van der Waals surface area contributed by atoms with Crippen molar-refractivity contribution >= 4 is 27.6 Å². The minimum absolute atomic E-state index is 0.139. The van der Waals surface area contributed by atoms with Crippen molar-refractivity contribution in [3.05, 3.63) is 65.2 Å². The largest absolute Gasteiger partial charge is 0.478 e. The van der Waals surface area contributed by atoms with Gasteiger partial charge in [0.1, 0.15) is 0 Å². The van der Waals surface area contributed by atoms with E-state index in [2.05, 4.69) is 5.32 Å². The highest BCUT2D eigenvalue weighted by Gasteiger charge is 2.28. The number of benzene rings is 2. The fourth-order valence-electron chi connectivity index (χ4n) is 2.96. The second-order valence-corrected chi connectivity index (χ2v) is 8.38. The van der Waals surface area contributed by atoms with Crippen molar-refractivity contribution in [2.24, 2.45) is 0 Å². The Labute approximate surface area is 157 Å². The monoisotopic (exact) mass is 388 g/mol. The summed E-state index contributed by atoms with van der Waals surface area (Å²) in [7, 11) is -3.23. The number of hydrogen-bond donors (Lipinski definition) is 2. The first-order valence-electron chi connectivity index (χ1n) is 8.53. The Morgan fingerprint density at radius 3 is 2.44 bits per heavy atom. The molecule has 1 amide bonds. The van der Waals surface area contributed by atoms with Crippen molar-refractivity contribution in [2.75, 3.05) is 16.6 Å². The lowest BCUT2D eigenvalue weighted by molar-refractivity contribution is -0.120. The third-order valence-electron chi connectivity index (χ3n) is 4.35. The number of rotatable bonds is 6. The van der Waals surface area contributed by atoms with Crippen molar-refractivity contribution < 1.29 is 23.1 Å². The van der Waals surface area contributed by atoms with E-state index in [9.17, 15) is 18.0 Å². The predicted molar refractivity (Wildman–Crippen MR) is 101 cm³/mol. The highest BCUT2D eigenvalue weighted by molar-refractivity contribution is 7.93. The number of carboxylic acids is 1. The van der Waals surface area contributed by atoms with E-state index in [1.54, 1.807) is 30.3 Å². The number of amides is 1. The van der Waals surface area contributed by atoms with Crippen LogP contribution in [-0.4, -0.2) is 37.7 Å². The van der Waals surface area contributed by atoms with Gasteiger partial charge in [0.2, 0.25) is 15.9 Å². The van der Waals surface area contributed by atoms with Crippen LogP contribution in [0.3, 0.4) is 0 Å². The van der Waals surface area contributed by atoms with Gasteiger partial charge < -0.3 is 10.4 Å². The molecule has 1 saturated heterocycles. The van der Waals surface area contributed by atoms with Crippen molar-refractivity contribution in [2.45, 2.75) is 19.4 Å². The summed E-state index contributed by atoms with van der Waals surface area (Å²) in [6.07, 6.45) is 0.754. The Hall–Kier alpha value is -2.87. The number of carbonyl (C=O) groups excluding carboxylic acids is 1. The molecule has 0 aromatic heterocycles. The maximum absolute atomic E-state index is 12.1. The maximum Gasteiger partial charge on any atom is 0.335 e. The normalized spacial score (nSPS) is 15.5. The molecule has 3 rings (SSSR count). The van der Waals surface area contributed by atoms with E-state index in [0.717, 1.165) is 11.1 Å². The van der Waals surface area contributed by atoms with Gasteiger partial charge in [-0.15, -0.1) is 0 Å². The first kappa shape index (κ1) is 18.9. The molecule has 0 bridgehead atoms. The number of nitrogens with zero attached hydrogens (tertiary/aromatic N) is 1. The summed E-state index contributed by atoms with van der Waals surface area (Å²) in [5.74, 6) is -1.04. The molecule has 0 unspecified atom stereocenters. The van der Waals surface area contributed by atoms with E-state index >= 15 is 0 Å². The molecule has 2 N–H and O–H groups in total. The summed E-state index contributed by atoms with van der Waals surface area (Å²) in [6, 6.07) is 13.3. The fraction of sp³-hybridized carbons (Fsp3) is 0.263. The summed E-state index contributed by atoms with van der Waals surface area (Å²) >= 11 is 0. The van der Waals surface area contributed by atoms with Crippen LogP contribution in [0.15, 0.2) is 48.5 Å². The van der Waals surface area contributed by atoms with Gasteiger partial charge in [-0.05, 0) is 41.8 Å². The number of sulfonamides is 1. The third-order valence-corrected chi connectivity index (χ3v) is 6.22. The maximum atomic E-state index is 12.1. The zero-order valence-electron chi connectivity index (χ0n) is 14.6. The van der Waals surface area contributed by atoms with Gasteiger partial charge in [-0.3, -0.25) is 9.10 Å². The molecule has 142 valence electrons. The molecule has 1 aliphatic rings. The number of hydrogen-bond acceptors (Lipinski definition) is 4. The molecule has 0 saturated carbocycles. The molecular formula is C19H20N2O5S. The lowest BCUT2D eigenvalue weighted by Crippen LogP contribution is -2.26. The molecular weight excluding hydrogens is 368 g/mol. The van der Waals surface area contributed by atoms with Crippen LogP contribution in [-0.2, 0) is 27.8 Å². The molecule has 0 atom stereocenters. The Balaban J connectivity index is 1.59. The Morgan fingerprint density at radius 1 is 1.07 bits per heavy atom. The number of anilines is 1. The third kappa shape index (κ3) is 4.65. The molecule has 0 aliphatic carbocycles. The standard InChI is InChI=1S/C19H20N2O5S/c22-18(12-14-5-7-16(8-6-14)19(23)24)20-13-15-3-1-4-17(11-15)21-9-2-10-27(21,25)26/h1,3-8,11H,2,9-10,12-13H2,(H,20,22)(H,23,24). The lowest BCUT2D eigenvalue weighted by atomic mass is 10.1. The van der Waals surface area contributed by atoms with Crippen molar-refractivity contribution in [3.63, 3.8) is 0 Å². The number of carboxylic acid groups (broad SMARTS) is 1. The fourth-order valence-corrected chi connectivity index (χ4v) is 4.52. The molecule has 8 heteroatoms. The second kappa shape index (κ2) is 7.79. The van der Waals surface area contributed by atoms with Gasteiger partial charge in [0.15, 0.2) is 0 Å². The smallest absolute Gasteiger partial charge is 0.335 e. The van der Waals surface area contributed by atoms with Crippen molar-refractivity contribution in [1.82, 2.24) is 5.32 Å². The van der Waals surface area contributed by atoms with Gasteiger partial charge >= 0.3 is 5.97 Å². The molecule has 2 aromatic carbocycles. The first-order valence-corrected chi connectivity index (χ1v) is 10.1. The lowest BCUT2D eigenvalue weighted by Gasteiger charge is -2.17. The van der Waals surface area contributed by atoms with Gasteiger partial charge in [-0.1, -0.05) is 24.3 Å². The summed E-state index contributed by atoms with van der Waals surface area (Å²) < 4.78 is 25.5. The van der Waals surface area contributed by atoms with Gasteiger partial charge in [-0.25, -0.2) is 13.2 Å². The predicted octanol–water partition coefficient (Wildman–Crippen LogP) is 1.78. The number of carbonyl (C=O) groups is 2. The molecule has 1 heterocycles. The molecule has 1 fully saturated rings. The van der Waals surface area contributed by atoms with E-state index in [4.69, 9.17) is 5.11 Å². The highest BCUT2D eigenvalue weighted by Crippen LogP contribution is 2.24. The van der Waals surface area contributed by atoms with Crippen LogP contribution in [0.1, 0.15) is 27.9 Å². The molecule has 27 heavy (non-hydrogen) atoms. The minimum atomic E-state index is -3.23. The van der Waals surface area contributed by atoms with E-state index in [0.29, 0.717) is 18.7 Å². The highest BCUT2D eigenvalue weighted by atomic mass is 32.2. The molecule has 2 aromatic rings. The van der Waals surface area contributed by atoms with Crippen molar-refractivity contribution in [3.8, 4) is 0 Å². The van der Waals surface area contributed by atoms with Gasteiger partial charge in [0, 0.05) is 13.1 Å². The zero-order chi connectivity index (χ0) is 19.4. The molecule has 0 radical (unpaired) electrons. The van der Waals surface area contributed by atoms with Crippen LogP contribution in [0.5, 0.6) is 0 Å². The van der Waals surface area contributed by atoms with Crippen LogP contribution in [0.25, 0.3) is 0 Å². The van der Waals surface area contributed by atoms with E-state index in [-0.39, 0.29) is 30.2 Å². The summed E-state index contributed by atoms with van der Waals surface area (Å²) in [6.45, 7) is 0.762. The summed E-state index contributed by atoms with van der Waals surface area (Å²) in [4.78, 5) is 23.0. The van der Waals surface area contributed by atoms with Gasteiger partial charge in [-0.2, -0.15) is 0 Å². The van der Waals surface area contributed by atoms with Crippen LogP contribution in [0, 0.1) is 0 Å². The van der Waals surface area contributed by atoms with Crippen LogP contribution in [0.2, 0.25) is 0 Å². The topological polar surface area (TPSA) is 104 Å². The van der Waals surface area contributed by atoms with Crippen molar-refractivity contribution in [1.29, 1.82) is 0 Å². The minimum Gasteiger partial charge on any atom is -0.478 e. The van der Waals surface area contributed by atoms with E-state index in [1.165, 1.54) is 16.4 Å². The SMILES string of the molecule is O=C(Cc1ccc(C(=O)O)cc1)NCc1cccc(N2CCCS2(=O)=O)c1. The molecule has 0 spiro atoms. The van der Waals surface area contributed by atoms with Crippen LogP contribution >= 0.6 is 0 Å². The quantitative estimate of drug-likeness (QED) is 0.785. The first-order chi connectivity index (χ1) is 12.8. The van der Waals surface area contributed by atoms with E-state index in [1.807, 2.05) is 6.07 Å². The Bertz CT molecular complexity index is 954. The Morgan fingerprint density at radius 2 is 1.81 bits per heavy atom. The number of nitrogens with one attached hydrogen (secondary N) is 1. The molecule has 7 nitrogen and oxygen atoms in total. The average molecular weight is 388 g/mol.